The molecule has 1 aromatic heterocycles. The Balaban J connectivity index is 1.37. The van der Waals surface area contributed by atoms with Crippen LogP contribution in [0.1, 0.15) is 51.7 Å². The quantitative estimate of drug-likeness (QED) is 0.753. The first kappa shape index (κ1) is 21.7. The third-order valence-corrected chi connectivity index (χ3v) is 6.79. The van der Waals surface area contributed by atoms with E-state index in [9.17, 15) is 14.4 Å². The number of piperidine rings is 2. The van der Waals surface area contributed by atoms with Crippen molar-refractivity contribution < 1.29 is 14.4 Å². The van der Waals surface area contributed by atoms with Crippen molar-refractivity contribution in [1.29, 1.82) is 0 Å². The van der Waals surface area contributed by atoms with Gasteiger partial charge in [0, 0.05) is 36.9 Å². The summed E-state index contributed by atoms with van der Waals surface area (Å²) >= 11 is 6.81. The van der Waals surface area contributed by atoms with Crippen LogP contribution in [0, 0.1) is 5.92 Å². The van der Waals surface area contributed by atoms with Crippen LogP contribution in [0.3, 0.4) is 0 Å². The molecular weight excluding hydrogens is 438 g/mol. The van der Waals surface area contributed by atoms with Crippen molar-refractivity contribution in [2.24, 2.45) is 5.92 Å². The summed E-state index contributed by atoms with van der Waals surface area (Å²) in [5, 5.41) is 11.4. The molecule has 31 heavy (non-hydrogen) atoms. The van der Waals surface area contributed by atoms with Gasteiger partial charge < -0.3 is 15.1 Å². The predicted molar refractivity (Wildman–Crippen MR) is 118 cm³/mol. The van der Waals surface area contributed by atoms with Gasteiger partial charge in [-0.3, -0.25) is 14.4 Å². The van der Waals surface area contributed by atoms with Gasteiger partial charge in [0.1, 0.15) is 0 Å². The molecule has 0 bridgehead atoms. The summed E-state index contributed by atoms with van der Waals surface area (Å²) in [7, 11) is 0. The van der Waals surface area contributed by atoms with Gasteiger partial charge in [-0.05, 0) is 56.4 Å². The Morgan fingerprint density at radius 1 is 0.935 bits per heavy atom. The molecule has 0 unspecified atom stereocenters. The number of aromatic nitrogens is 2. The van der Waals surface area contributed by atoms with Crippen molar-refractivity contribution in [1.82, 2.24) is 20.0 Å². The lowest BCUT2D eigenvalue weighted by molar-refractivity contribution is -0.137. The molecule has 1 aromatic carbocycles. The van der Waals surface area contributed by atoms with E-state index in [0.29, 0.717) is 23.8 Å². The molecule has 2 fully saturated rings. The first-order chi connectivity index (χ1) is 15.0. The van der Waals surface area contributed by atoms with E-state index >= 15 is 0 Å². The summed E-state index contributed by atoms with van der Waals surface area (Å²) in [6.07, 6.45) is 4.84. The minimum absolute atomic E-state index is 0.108. The lowest BCUT2D eigenvalue weighted by atomic mass is 9.95. The average Bonchev–Trinajstić information content (AvgIpc) is 3.31. The molecule has 2 aromatic rings. The summed E-state index contributed by atoms with van der Waals surface area (Å²) < 4.78 is 0. The van der Waals surface area contributed by atoms with Crippen LogP contribution < -0.4 is 5.32 Å². The van der Waals surface area contributed by atoms with Gasteiger partial charge in [-0.15, -0.1) is 10.2 Å². The molecule has 0 radical (unpaired) electrons. The second-order valence-electron chi connectivity index (χ2n) is 7.85. The fraction of sp³-hybridized carbons (Fsp3) is 0.476. The number of nitrogens with one attached hydrogen (secondary N) is 1. The van der Waals surface area contributed by atoms with Gasteiger partial charge in [0.15, 0.2) is 0 Å². The van der Waals surface area contributed by atoms with Crippen LogP contribution in [0.25, 0.3) is 0 Å². The van der Waals surface area contributed by atoms with E-state index < -0.39 is 5.91 Å². The van der Waals surface area contributed by atoms with Gasteiger partial charge in [-0.1, -0.05) is 22.9 Å². The number of amides is 3. The Hall–Kier alpha value is -2.52. The van der Waals surface area contributed by atoms with E-state index in [2.05, 4.69) is 15.5 Å². The number of halogens is 1. The molecule has 1 N–H and O–H groups in total. The highest BCUT2D eigenvalue weighted by Gasteiger charge is 2.33. The summed E-state index contributed by atoms with van der Waals surface area (Å²) in [6, 6.07) is 6.70. The van der Waals surface area contributed by atoms with Crippen LogP contribution in [0.2, 0.25) is 5.02 Å². The van der Waals surface area contributed by atoms with Crippen LogP contribution in [0.4, 0.5) is 5.69 Å². The number of rotatable bonds is 4. The third-order valence-electron chi connectivity index (χ3n) is 5.63. The number of carbonyl (C=O) groups is 3. The molecule has 0 aliphatic carbocycles. The summed E-state index contributed by atoms with van der Waals surface area (Å²) in [5.74, 6) is -0.733. The average molecular weight is 462 g/mol. The smallest absolute Gasteiger partial charge is 0.286 e. The Bertz CT molecular complexity index is 958. The molecule has 1 atom stereocenters. The summed E-state index contributed by atoms with van der Waals surface area (Å²) in [6.45, 7) is 2.59. The van der Waals surface area contributed by atoms with Crippen molar-refractivity contribution in [2.75, 3.05) is 31.5 Å². The Morgan fingerprint density at radius 2 is 1.61 bits per heavy atom. The molecule has 10 heteroatoms. The molecule has 164 valence electrons. The van der Waals surface area contributed by atoms with Crippen molar-refractivity contribution in [3.8, 4) is 0 Å². The van der Waals surface area contributed by atoms with Crippen molar-refractivity contribution in [3.63, 3.8) is 0 Å². The van der Waals surface area contributed by atoms with Crippen LogP contribution >= 0.6 is 22.9 Å². The summed E-state index contributed by atoms with van der Waals surface area (Å²) in [5.41, 5.74) is 0.576. The maximum absolute atomic E-state index is 12.9. The van der Waals surface area contributed by atoms with Crippen molar-refractivity contribution in [3.05, 3.63) is 39.3 Å². The zero-order valence-electron chi connectivity index (χ0n) is 17.1. The topological polar surface area (TPSA) is 95.5 Å². The normalized spacial score (nSPS) is 19.2. The number of anilines is 1. The lowest BCUT2D eigenvalue weighted by Crippen LogP contribution is -2.47. The zero-order valence-corrected chi connectivity index (χ0v) is 18.6. The maximum Gasteiger partial charge on any atom is 0.286 e. The first-order valence-corrected chi connectivity index (χ1v) is 11.7. The van der Waals surface area contributed by atoms with Crippen molar-refractivity contribution >= 4 is 46.3 Å². The first-order valence-electron chi connectivity index (χ1n) is 10.5. The van der Waals surface area contributed by atoms with Gasteiger partial charge in [0.05, 0.1) is 5.92 Å². The molecule has 3 amide bonds. The standard InChI is InChI=1S/C21H24ClN5O3S/c22-15-6-8-16(9-7-15)23-17(28)18-24-25-19(31-18)21(30)27-12-4-5-14(13-27)20(29)26-10-2-1-3-11-26/h6-9,14H,1-5,10-13H2,(H,23,28)/t14-/m1/s1. The number of hydrogen-bond donors (Lipinski definition) is 1. The number of hydrogen-bond acceptors (Lipinski definition) is 6. The molecule has 4 rings (SSSR count). The minimum Gasteiger partial charge on any atom is -0.342 e. The van der Waals surface area contributed by atoms with Crippen LogP contribution in [-0.4, -0.2) is 63.9 Å². The molecular formula is C21H24ClN5O3S. The van der Waals surface area contributed by atoms with E-state index in [1.54, 1.807) is 29.2 Å². The van der Waals surface area contributed by atoms with Gasteiger partial charge >= 0.3 is 0 Å². The number of benzene rings is 1. The second kappa shape index (κ2) is 9.74. The largest absolute Gasteiger partial charge is 0.342 e. The molecule has 0 saturated carbocycles. The Kier molecular flexibility index (Phi) is 6.82. The molecule has 3 heterocycles. The highest BCUT2D eigenvalue weighted by Crippen LogP contribution is 2.24. The lowest BCUT2D eigenvalue weighted by Gasteiger charge is -2.35. The number of likely N-dealkylation sites (tertiary alicyclic amines) is 2. The van der Waals surface area contributed by atoms with Gasteiger partial charge in [-0.25, -0.2) is 0 Å². The van der Waals surface area contributed by atoms with Crippen LogP contribution in [0.15, 0.2) is 24.3 Å². The maximum atomic E-state index is 12.9. The Morgan fingerprint density at radius 3 is 2.35 bits per heavy atom. The molecule has 2 aliphatic rings. The molecule has 0 spiro atoms. The van der Waals surface area contributed by atoms with E-state index in [4.69, 9.17) is 11.6 Å². The van der Waals surface area contributed by atoms with Gasteiger partial charge in [0.25, 0.3) is 11.8 Å². The van der Waals surface area contributed by atoms with Gasteiger partial charge in [-0.2, -0.15) is 0 Å². The predicted octanol–water partition coefficient (Wildman–Crippen LogP) is 3.31. The van der Waals surface area contributed by atoms with Crippen LogP contribution in [-0.2, 0) is 4.79 Å². The fourth-order valence-corrected chi connectivity index (χ4v) is 4.82. The van der Waals surface area contributed by atoms with Crippen molar-refractivity contribution in [2.45, 2.75) is 32.1 Å². The zero-order chi connectivity index (χ0) is 21.8. The highest BCUT2D eigenvalue weighted by molar-refractivity contribution is 7.15. The Labute approximate surface area is 189 Å². The van der Waals surface area contributed by atoms with E-state index in [1.165, 1.54) is 6.42 Å². The van der Waals surface area contributed by atoms with Crippen LogP contribution in [0.5, 0.6) is 0 Å². The third kappa shape index (κ3) is 5.22. The van der Waals surface area contributed by atoms with E-state index in [0.717, 1.165) is 50.1 Å². The molecule has 2 saturated heterocycles. The SMILES string of the molecule is O=C(Nc1ccc(Cl)cc1)c1nnc(C(=O)N2CCC[C@@H](C(=O)N3CCCCC3)C2)s1. The molecule has 8 nitrogen and oxygen atoms in total. The minimum atomic E-state index is -0.435. The second-order valence-corrected chi connectivity index (χ2v) is 9.26. The highest BCUT2D eigenvalue weighted by atomic mass is 35.5. The van der Waals surface area contributed by atoms with E-state index in [1.807, 2.05) is 4.90 Å². The molecule has 2 aliphatic heterocycles. The number of carbonyl (C=O) groups excluding carboxylic acids is 3. The monoisotopic (exact) mass is 461 g/mol. The fourth-order valence-electron chi connectivity index (χ4n) is 3.99. The van der Waals surface area contributed by atoms with E-state index in [-0.39, 0.29) is 27.7 Å². The summed E-state index contributed by atoms with van der Waals surface area (Å²) in [4.78, 5) is 41.8. The van der Waals surface area contributed by atoms with Gasteiger partial charge in [0.2, 0.25) is 15.9 Å². The number of nitrogens with zero attached hydrogens (tertiary/aromatic N) is 4.